The summed E-state index contributed by atoms with van der Waals surface area (Å²) >= 11 is 0. The molecule has 0 bridgehead atoms. The molecular weight excluding hydrogens is 307 g/mol. The lowest BCUT2D eigenvalue weighted by Gasteiger charge is -2.16. The molecule has 0 fully saturated rings. The van der Waals surface area contributed by atoms with Crippen molar-refractivity contribution >= 4 is 5.96 Å². The molecule has 0 spiro atoms. The standard InChI is InChI=1S/C18H23FN4O/c1-4-13(2)23-18(20-3)22-11-14-7-8-17(16(19)10-14)24-15-6-5-9-21-12-15/h5-10,12-13H,4,11H2,1-3H3,(H2,20,22,23). The van der Waals surface area contributed by atoms with Gasteiger partial charge in [-0.2, -0.15) is 0 Å². The van der Waals surface area contributed by atoms with Crippen molar-refractivity contribution in [3.05, 3.63) is 54.1 Å². The van der Waals surface area contributed by atoms with Gasteiger partial charge in [-0.3, -0.25) is 9.98 Å². The first-order valence-electron chi connectivity index (χ1n) is 7.95. The second-order valence-electron chi connectivity index (χ2n) is 5.43. The lowest BCUT2D eigenvalue weighted by Crippen LogP contribution is -2.41. The summed E-state index contributed by atoms with van der Waals surface area (Å²) in [6.45, 7) is 4.65. The van der Waals surface area contributed by atoms with Crippen LogP contribution in [0, 0.1) is 5.82 Å². The van der Waals surface area contributed by atoms with Crippen LogP contribution in [0.4, 0.5) is 4.39 Å². The van der Waals surface area contributed by atoms with Crippen LogP contribution in [0.5, 0.6) is 11.5 Å². The van der Waals surface area contributed by atoms with Gasteiger partial charge in [-0.1, -0.05) is 13.0 Å². The quantitative estimate of drug-likeness (QED) is 0.629. The summed E-state index contributed by atoms with van der Waals surface area (Å²) in [5.74, 6) is 0.956. The third-order valence-corrected chi connectivity index (χ3v) is 3.54. The molecule has 1 aromatic carbocycles. The third kappa shape index (κ3) is 5.22. The number of aliphatic imine (C=N–C) groups is 1. The third-order valence-electron chi connectivity index (χ3n) is 3.54. The largest absolute Gasteiger partial charge is 0.453 e. The maximum atomic E-state index is 14.2. The molecule has 0 aliphatic rings. The van der Waals surface area contributed by atoms with Gasteiger partial charge in [0.2, 0.25) is 0 Å². The molecule has 1 unspecified atom stereocenters. The van der Waals surface area contributed by atoms with Crippen LogP contribution in [0.3, 0.4) is 0 Å². The maximum Gasteiger partial charge on any atom is 0.191 e. The number of nitrogens with zero attached hydrogens (tertiary/aromatic N) is 2. The highest BCUT2D eigenvalue weighted by molar-refractivity contribution is 5.79. The topological polar surface area (TPSA) is 58.5 Å². The van der Waals surface area contributed by atoms with E-state index in [1.165, 1.54) is 6.07 Å². The highest BCUT2D eigenvalue weighted by Gasteiger charge is 2.08. The van der Waals surface area contributed by atoms with Crippen LogP contribution in [0.25, 0.3) is 0 Å². The summed E-state index contributed by atoms with van der Waals surface area (Å²) in [7, 11) is 1.71. The van der Waals surface area contributed by atoms with E-state index >= 15 is 0 Å². The minimum Gasteiger partial charge on any atom is -0.453 e. The molecule has 1 heterocycles. The van der Waals surface area contributed by atoms with Gasteiger partial charge in [0.25, 0.3) is 0 Å². The van der Waals surface area contributed by atoms with Crippen molar-refractivity contribution in [1.82, 2.24) is 15.6 Å². The lowest BCUT2D eigenvalue weighted by molar-refractivity contribution is 0.440. The number of nitrogens with one attached hydrogen (secondary N) is 2. The van der Waals surface area contributed by atoms with Crippen molar-refractivity contribution in [2.75, 3.05) is 7.05 Å². The Balaban J connectivity index is 1.96. The van der Waals surface area contributed by atoms with E-state index in [1.54, 1.807) is 37.6 Å². The first-order chi connectivity index (χ1) is 11.6. The van der Waals surface area contributed by atoms with Crippen molar-refractivity contribution in [2.45, 2.75) is 32.9 Å². The fourth-order valence-electron chi connectivity index (χ4n) is 1.99. The molecule has 2 aromatic rings. The van der Waals surface area contributed by atoms with Crippen molar-refractivity contribution < 1.29 is 9.13 Å². The molecule has 2 N–H and O–H groups in total. The van der Waals surface area contributed by atoms with E-state index < -0.39 is 5.82 Å². The van der Waals surface area contributed by atoms with Gasteiger partial charge in [-0.25, -0.2) is 4.39 Å². The van der Waals surface area contributed by atoms with Crippen molar-refractivity contribution in [2.24, 2.45) is 4.99 Å². The van der Waals surface area contributed by atoms with E-state index in [0.29, 0.717) is 24.3 Å². The highest BCUT2D eigenvalue weighted by atomic mass is 19.1. The monoisotopic (exact) mass is 330 g/mol. The normalized spacial score (nSPS) is 12.6. The van der Waals surface area contributed by atoms with E-state index in [-0.39, 0.29) is 5.75 Å². The molecule has 1 aromatic heterocycles. The van der Waals surface area contributed by atoms with Gasteiger partial charge in [0.05, 0.1) is 6.20 Å². The number of guanidine groups is 1. The first-order valence-corrected chi connectivity index (χ1v) is 7.95. The smallest absolute Gasteiger partial charge is 0.191 e. The van der Waals surface area contributed by atoms with Gasteiger partial charge in [-0.05, 0) is 43.2 Å². The molecule has 128 valence electrons. The Labute approximate surface area is 142 Å². The zero-order chi connectivity index (χ0) is 17.4. The zero-order valence-corrected chi connectivity index (χ0v) is 14.2. The molecule has 1 atom stereocenters. The number of halogens is 1. The Morgan fingerprint density at radius 1 is 1.38 bits per heavy atom. The molecule has 0 amide bonds. The van der Waals surface area contributed by atoms with Gasteiger partial charge < -0.3 is 15.4 Å². The van der Waals surface area contributed by atoms with Crippen LogP contribution in [-0.4, -0.2) is 24.0 Å². The molecule has 0 aliphatic carbocycles. The SMILES string of the molecule is CCC(C)NC(=NC)NCc1ccc(Oc2cccnc2)c(F)c1. The summed E-state index contributed by atoms with van der Waals surface area (Å²) in [6.07, 6.45) is 4.17. The fourth-order valence-corrected chi connectivity index (χ4v) is 1.99. The van der Waals surface area contributed by atoms with Crippen LogP contribution >= 0.6 is 0 Å². The number of ether oxygens (including phenoxy) is 1. The zero-order valence-electron chi connectivity index (χ0n) is 14.2. The van der Waals surface area contributed by atoms with E-state index in [0.717, 1.165) is 12.0 Å². The summed E-state index contributed by atoms with van der Waals surface area (Å²) in [5, 5.41) is 6.43. The van der Waals surface area contributed by atoms with Crippen LogP contribution < -0.4 is 15.4 Å². The Kier molecular flexibility index (Phi) is 6.54. The minimum atomic E-state index is -0.414. The van der Waals surface area contributed by atoms with E-state index in [9.17, 15) is 4.39 Å². The van der Waals surface area contributed by atoms with Gasteiger partial charge in [0, 0.05) is 25.8 Å². The van der Waals surface area contributed by atoms with Crippen molar-refractivity contribution in [1.29, 1.82) is 0 Å². The number of hydrogen-bond acceptors (Lipinski definition) is 3. The van der Waals surface area contributed by atoms with Gasteiger partial charge in [-0.15, -0.1) is 0 Å². The first kappa shape index (κ1) is 17.7. The Morgan fingerprint density at radius 3 is 2.83 bits per heavy atom. The van der Waals surface area contributed by atoms with Crippen LogP contribution in [0.2, 0.25) is 0 Å². The summed E-state index contributed by atoms with van der Waals surface area (Å²) in [4.78, 5) is 8.10. The molecule has 0 saturated carbocycles. The van der Waals surface area contributed by atoms with Gasteiger partial charge >= 0.3 is 0 Å². The Bertz CT molecular complexity index is 676. The minimum absolute atomic E-state index is 0.175. The molecule has 5 nitrogen and oxygen atoms in total. The Hall–Kier alpha value is -2.63. The molecule has 6 heteroatoms. The summed E-state index contributed by atoms with van der Waals surface area (Å²) in [5.41, 5.74) is 0.804. The van der Waals surface area contributed by atoms with Crippen molar-refractivity contribution in [3.63, 3.8) is 0 Å². The number of hydrogen-bond donors (Lipinski definition) is 2. The van der Waals surface area contributed by atoms with Crippen LogP contribution in [-0.2, 0) is 6.54 Å². The van der Waals surface area contributed by atoms with Gasteiger partial charge in [0.15, 0.2) is 17.5 Å². The predicted molar refractivity (Wildman–Crippen MR) is 93.8 cm³/mol. The molecule has 0 radical (unpaired) electrons. The number of rotatable bonds is 6. The second-order valence-corrected chi connectivity index (χ2v) is 5.43. The number of benzene rings is 1. The molecule has 2 rings (SSSR count). The van der Waals surface area contributed by atoms with Crippen molar-refractivity contribution in [3.8, 4) is 11.5 Å². The van der Waals surface area contributed by atoms with Gasteiger partial charge in [0.1, 0.15) is 5.75 Å². The molecule has 24 heavy (non-hydrogen) atoms. The lowest BCUT2D eigenvalue weighted by atomic mass is 10.2. The average molecular weight is 330 g/mol. The number of aromatic nitrogens is 1. The molecule has 0 saturated heterocycles. The van der Waals surface area contributed by atoms with Crippen LogP contribution in [0.15, 0.2) is 47.7 Å². The number of pyridine rings is 1. The average Bonchev–Trinajstić information content (AvgIpc) is 2.61. The summed E-state index contributed by atoms with van der Waals surface area (Å²) in [6, 6.07) is 8.68. The van der Waals surface area contributed by atoms with E-state index in [4.69, 9.17) is 4.74 Å². The Morgan fingerprint density at radius 2 is 2.21 bits per heavy atom. The predicted octanol–water partition coefficient (Wildman–Crippen LogP) is 3.48. The summed E-state index contributed by atoms with van der Waals surface area (Å²) < 4.78 is 19.7. The molecule has 0 aliphatic heterocycles. The van der Waals surface area contributed by atoms with Crippen LogP contribution in [0.1, 0.15) is 25.8 Å². The molecular formula is C18H23FN4O. The highest BCUT2D eigenvalue weighted by Crippen LogP contribution is 2.24. The second kappa shape index (κ2) is 8.86. The van der Waals surface area contributed by atoms with E-state index in [1.807, 2.05) is 6.07 Å². The maximum absolute atomic E-state index is 14.2. The fraction of sp³-hybridized carbons (Fsp3) is 0.333. The van der Waals surface area contributed by atoms with E-state index in [2.05, 4.69) is 34.5 Å².